The van der Waals surface area contributed by atoms with Crippen LogP contribution in [0.2, 0.25) is 0 Å². The molecule has 0 unspecified atom stereocenters. The Morgan fingerprint density at radius 2 is 1.88 bits per heavy atom. The lowest BCUT2D eigenvalue weighted by Gasteiger charge is -2.32. The molecular formula is C19H27N5O. The Labute approximate surface area is 148 Å². The van der Waals surface area contributed by atoms with Crippen LogP contribution >= 0.6 is 0 Å². The lowest BCUT2D eigenvalue weighted by atomic mass is 9.92. The van der Waals surface area contributed by atoms with Gasteiger partial charge in [-0.1, -0.05) is 20.8 Å². The molecular weight excluding hydrogens is 314 g/mol. The molecule has 0 spiro atoms. The Balaban J connectivity index is 1.65. The first-order chi connectivity index (χ1) is 11.8. The Kier molecular flexibility index (Phi) is 4.88. The van der Waals surface area contributed by atoms with Gasteiger partial charge >= 0.3 is 0 Å². The fourth-order valence-electron chi connectivity index (χ4n) is 3.13. The summed E-state index contributed by atoms with van der Waals surface area (Å²) in [7, 11) is 0. The van der Waals surface area contributed by atoms with E-state index in [1.807, 2.05) is 25.3 Å². The molecule has 0 saturated carbocycles. The maximum Gasteiger partial charge on any atom is 0.266 e. The van der Waals surface area contributed by atoms with Crippen LogP contribution in [0.3, 0.4) is 0 Å². The van der Waals surface area contributed by atoms with Gasteiger partial charge in [0, 0.05) is 43.0 Å². The molecule has 0 bridgehead atoms. The molecule has 1 aliphatic rings. The van der Waals surface area contributed by atoms with Crippen molar-refractivity contribution in [2.75, 3.05) is 18.0 Å². The summed E-state index contributed by atoms with van der Waals surface area (Å²) in [5.74, 6) is 1.27. The van der Waals surface area contributed by atoms with Gasteiger partial charge in [0.2, 0.25) is 5.95 Å². The Morgan fingerprint density at radius 1 is 1.16 bits per heavy atom. The van der Waals surface area contributed by atoms with Crippen molar-refractivity contribution >= 4 is 5.95 Å². The van der Waals surface area contributed by atoms with Crippen LogP contribution in [0.1, 0.15) is 45.0 Å². The lowest BCUT2D eigenvalue weighted by molar-refractivity contribution is 0.328. The van der Waals surface area contributed by atoms with Gasteiger partial charge in [-0.2, -0.15) is 5.10 Å². The molecule has 0 amide bonds. The van der Waals surface area contributed by atoms with E-state index < -0.39 is 0 Å². The van der Waals surface area contributed by atoms with Crippen molar-refractivity contribution in [1.82, 2.24) is 19.7 Å². The van der Waals surface area contributed by atoms with E-state index >= 15 is 0 Å². The zero-order chi connectivity index (χ0) is 18.0. The van der Waals surface area contributed by atoms with E-state index in [2.05, 4.69) is 40.7 Å². The molecule has 134 valence electrons. The van der Waals surface area contributed by atoms with Gasteiger partial charge in [-0.3, -0.25) is 4.79 Å². The van der Waals surface area contributed by atoms with E-state index in [0.717, 1.165) is 43.3 Å². The van der Waals surface area contributed by atoms with Crippen LogP contribution < -0.4 is 10.5 Å². The first-order valence-corrected chi connectivity index (χ1v) is 8.96. The summed E-state index contributed by atoms with van der Waals surface area (Å²) >= 11 is 0. The van der Waals surface area contributed by atoms with Gasteiger partial charge in [0.25, 0.3) is 5.56 Å². The number of hydrogen-bond acceptors (Lipinski definition) is 5. The summed E-state index contributed by atoms with van der Waals surface area (Å²) in [6.07, 6.45) is 3.85. The second-order valence-corrected chi connectivity index (χ2v) is 7.92. The van der Waals surface area contributed by atoms with E-state index in [4.69, 9.17) is 0 Å². The SMILES string of the molecule is Cc1ccnc(N2CCC(Cn3nc(C(C)(C)C)ccc3=O)CC2)n1. The summed E-state index contributed by atoms with van der Waals surface area (Å²) in [5.41, 5.74) is 1.87. The number of aryl methyl sites for hydroxylation is 1. The zero-order valence-electron chi connectivity index (χ0n) is 15.6. The molecule has 0 N–H and O–H groups in total. The topological polar surface area (TPSA) is 63.9 Å². The first-order valence-electron chi connectivity index (χ1n) is 8.96. The molecule has 0 atom stereocenters. The van der Waals surface area contributed by atoms with Gasteiger partial charge < -0.3 is 4.90 Å². The number of aromatic nitrogens is 4. The van der Waals surface area contributed by atoms with E-state index in [1.54, 1.807) is 10.7 Å². The quantitative estimate of drug-likeness (QED) is 0.858. The van der Waals surface area contributed by atoms with E-state index in [9.17, 15) is 4.79 Å². The summed E-state index contributed by atoms with van der Waals surface area (Å²) in [4.78, 5) is 23.3. The summed E-state index contributed by atoms with van der Waals surface area (Å²) in [6.45, 7) is 10.9. The molecule has 6 nitrogen and oxygen atoms in total. The molecule has 2 aromatic rings. The van der Waals surface area contributed by atoms with E-state index in [0.29, 0.717) is 12.5 Å². The highest BCUT2D eigenvalue weighted by atomic mass is 16.1. The van der Waals surface area contributed by atoms with Gasteiger partial charge in [0.1, 0.15) is 0 Å². The van der Waals surface area contributed by atoms with Crippen LogP contribution in [0.5, 0.6) is 0 Å². The number of rotatable bonds is 3. The fraction of sp³-hybridized carbons (Fsp3) is 0.579. The van der Waals surface area contributed by atoms with Crippen molar-refractivity contribution in [3.63, 3.8) is 0 Å². The molecule has 1 aliphatic heterocycles. The van der Waals surface area contributed by atoms with E-state index in [1.165, 1.54) is 0 Å². The average Bonchev–Trinajstić information content (AvgIpc) is 2.56. The number of piperidine rings is 1. The fourth-order valence-corrected chi connectivity index (χ4v) is 3.13. The van der Waals surface area contributed by atoms with Gasteiger partial charge in [-0.05, 0) is 37.8 Å². The highest BCUT2D eigenvalue weighted by Gasteiger charge is 2.23. The highest BCUT2D eigenvalue weighted by Crippen LogP contribution is 2.22. The molecule has 0 radical (unpaired) electrons. The highest BCUT2D eigenvalue weighted by molar-refractivity contribution is 5.30. The van der Waals surface area contributed by atoms with Crippen molar-refractivity contribution in [2.24, 2.45) is 5.92 Å². The van der Waals surface area contributed by atoms with Crippen molar-refractivity contribution < 1.29 is 0 Å². The Hall–Kier alpha value is -2.24. The van der Waals surface area contributed by atoms with Crippen LogP contribution in [0.4, 0.5) is 5.95 Å². The predicted octanol–water partition coefficient (Wildman–Crippen LogP) is 2.56. The second-order valence-electron chi connectivity index (χ2n) is 7.92. The number of hydrogen-bond donors (Lipinski definition) is 0. The summed E-state index contributed by atoms with van der Waals surface area (Å²) in [6, 6.07) is 5.40. The molecule has 3 rings (SSSR count). The van der Waals surface area contributed by atoms with Crippen LogP contribution in [0.25, 0.3) is 0 Å². The standard InChI is InChI=1S/C19H27N5O/c1-14-7-10-20-18(21-14)23-11-8-15(9-12-23)13-24-17(25)6-5-16(22-24)19(2,3)4/h5-7,10,15H,8-9,11-13H2,1-4H3. The Bertz CT molecular complexity index is 785. The van der Waals surface area contributed by atoms with Gasteiger partial charge in [-0.15, -0.1) is 0 Å². The first kappa shape index (κ1) is 17.6. The minimum Gasteiger partial charge on any atom is -0.341 e. The third-order valence-electron chi connectivity index (χ3n) is 4.75. The molecule has 1 saturated heterocycles. The van der Waals surface area contributed by atoms with Crippen molar-refractivity contribution in [2.45, 2.75) is 52.5 Å². The second kappa shape index (κ2) is 6.94. The average molecular weight is 341 g/mol. The van der Waals surface area contributed by atoms with Crippen molar-refractivity contribution in [1.29, 1.82) is 0 Å². The van der Waals surface area contributed by atoms with Crippen LogP contribution in [-0.4, -0.2) is 32.8 Å². The third kappa shape index (κ3) is 4.24. The Morgan fingerprint density at radius 3 is 2.52 bits per heavy atom. The zero-order valence-corrected chi connectivity index (χ0v) is 15.6. The molecule has 1 fully saturated rings. The smallest absolute Gasteiger partial charge is 0.266 e. The molecule has 2 aromatic heterocycles. The number of anilines is 1. The monoisotopic (exact) mass is 341 g/mol. The lowest BCUT2D eigenvalue weighted by Crippen LogP contribution is -2.38. The largest absolute Gasteiger partial charge is 0.341 e. The molecule has 3 heterocycles. The number of nitrogens with zero attached hydrogens (tertiary/aromatic N) is 5. The normalized spacial score (nSPS) is 16.2. The third-order valence-corrected chi connectivity index (χ3v) is 4.75. The molecule has 6 heteroatoms. The summed E-state index contributed by atoms with van der Waals surface area (Å²) < 4.78 is 1.64. The summed E-state index contributed by atoms with van der Waals surface area (Å²) in [5, 5.41) is 4.59. The van der Waals surface area contributed by atoms with Crippen LogP contribution in [-0.2, 0) is 12.0 Å². The van der Waals surface area contributed by atoms with Crippen LogP contribution in [0, 0.1) is 12.8 Å². The minimum atomic E-state index is -0.0542. The maximum absolute atomic E-state index is 12.2. The van der Waals surface area contributed by atoms with Crippen molar-refractivity contribution in [3.8, 4) is 0 Å². The molecule has 0 aromatic carbocycles. The predicted molar refractivity (Wildman–Crippen MR) is 98.9 cm³/mol. The van der Waals surface area contributed by atoms with Gasteiger partial charge in [-0.25, -0.2) is 14.6 Å². The van der Waals surface area contributed by atoms with Crippen LogP contribution in [0.15, 0.2) is 29.2 Å². The van der Waals surface area contributed by atoms with E-state index in [-0.39, 0.29) is 11.0 Å². The molecule has 0 aliphatic carbocycles. The van der Waals surface area contributed by atoms with Crippen molar-refractivity contribution in [3.05, 3.63) is 46.1 Å². The minimum absolute atomic E-state index is 0.0163. The van der Waals surface area contributed by atoms with Gasteiger partial charge in [0.05, 0.1) is 5.69 Å². The molecule has 25 heavy (non-hydrogen) atoms. The maximum atomic E-state index is 12.2. The van der Waals surface area contributed by atoms with Gasteiger partial charge in [0.15, 0.2) is 0 Å².